The van der Waals surface area contributed by atoms with Crippen molar-refractivity contribution in [2.45, 2.75) is 6.54 Å². The predicted molar refractivity (Wildman–Crippen MR) is 61.4 cm³/mol. The first kappa shape index (κ1) is 13.8. The number of nitrogens with zero attached hydrogens (tertiary/aromatic N) is 1. The van der Waals surface area contributed by atoms with Gasteiger partial charge in [-0.3, -0.25) is 4.90 Å². The van der Waals surface area contributed by atoms with Crippen LogP contribution in [0, 0.1) is 40.9 Å². The van der Waals surface area contributed by atoms with Crippen LogP contribution in [0.1, 0.15) is 5.56 Å². The largest absolute Gasteiger partial charge is 0.316 e. The Kier molecular flexibility index (Phi) is 3.41. The van der Waals surface area contributed by atoms with Gasteiger partial charge < -0.3 is 5.32 Å². The molecular weight excluding hydrogens is 279 g/mol. The normalized spacial score (nSPS) is 26.2. The second kappa shape index (κ2) is 4.96. The van der Waals surface area contributed by atoms with E-state index < -0.39 is 34.6 Å². The van der Waals surface area contributed by atoms with Gasteiger partial charge in [0, 0.05) is 25.2 Å². The number of likely N-dealkylation sites (tertiary alicyclic amines) is 1. The van der Waals surface area contributed by atoms with Crippen molar-refractivity contribution in [1.29, 1.82) is 0 Å². The van der Waals surface area contributed by atoms with Gasteiger partial charge >= 0.3 is 0 Å². The Labute approximate surface area is 112 Å². The first-order chi connectivity index (χ1) is 9.49. The first-order valence-electron chi connectivity index (χ1n) is 6.42. The fourth-order valence-corrected chi connectivity index (χ4v) is 3.09. The maximum Gasteiger partial charge on any atom is 0.200 e. The Bertz CT molecular complexity index is 507. The number of rotatable bonds is 2. The Morgan fingerprint density at radius 2 is 1.25 bits per heavy atom. The maximum atomic E-state index is 13.6. The van der Waals surface area contributed by atoms with E-state index in [0.29, 0.717) is 24.9 Å². The van der Waals surface area contributed by atoms with Crippen molar-refractivity contribution in [3.05, 3.63) is 34.6 Å². The van der Waals surface area contributed by atoms with E-state index in [9.17, 15) is 22.0 Å². The van der Waals surface area contributed by atoms with Crippen molar-refractivity contribution in [2.24, 2.45) is 11.8 Å². The zero-order chi connectivity index (χ0) is 14.4. The van der Waals surface area contributed by atoms with Gasteiger partial charge in [0.1, 0.15) is 0 Å². The van der Waals surface area contributed by atoms with Crippen molar-refractivity contribution in [3.63, 3.8) is 0 Å². The molecule has 2 saturated heterocycles. The van der Waals surface area contributed by atoms with Crippen LogP contribution in [0.5, 0.6) is 0 Å². The summed E-state index contributed by atoms with van der Waals surface area (Å²) in [5, 5.41) is 3.21. The molecule has 7 heteroatoms. The molecule has 1 N–H and O–H groups in total. The first-order valence-corrected chi connectivity index (χ1v) is 6.42. The van der Waals surface area contributed by atoms with Crippen LogP contribution in [-0.2, 0) is 6.54 Å². The van der Waals surface area contributed by atoms with E-state index >= 15 is 0 Å². The Morgan fingerprint density at radius 1 is 0.800 bits per heavy atom. The van der Waals surface area contributed by atoms with Gasteiger partial charge in [0.25, 0.3) is 0 Å². The van der Waals surface area contributed by atoms with Gasteiger partial charge in [0.2, 0.25) is 5.82 Å². The van der Waals surface area contributed by atoms with Gasteiger partial charge in [-0.2, -0.15) is 0 Å². The monoisotopic (exact) mass is 292 g/mol. The van der Waals surface area contributed by atoms with Gasteiger partial charge in [-0.15, -0.1) is 0 Å². The molecule has 2 aliphatic heterocycles. The molecule has 0 radical (unpaired) electrons. The molecule has 2 unspecified atom stereocenters. The standard InChI is InChI=1S/C13H13F5N2/c14-9-8(10(15)12(17)13(18)11(9)16)5-20-3-6-1-19-2-7(6)4-20/h6-7,19H,1-5H2. The van der Waals surface area contributed by atoms with Crippen LogP contribution < -0.4 is 5.32 Å². The van der Waals surface area contributed by atoms with E-state index in [1.165, 1.54) is 0 Å². The van der Waals surface area contributed by atoms with E-state index in [1.54, 1.807) is 4.90 Å². The van der Waals surface area contributed by atoms with Crippen LogP contribution in [0.4, 0.5) is 22.0 Å². The molecule has 0 aliphatic carbocycles. The molecule has 0 saturated carbocycles. The lowest BCUT2D eigenvalue weighted by molar-refractivity contribution is 0.284. The summed E-state index contributed by atoms with van der Waals surface area (Å²) in [6.45, 7) is 2.63. The van der Waals surface area contributed by atoms with Crippen LogP contribution in [0.3, 0.4) is 0 Å². The lowest BCUT2D eigenvalue weighted by Gasteiger charge is -2.18. The summed E-state index contributed by atoms with van der Waals surface area (Å²) in [7, 11) is 0. The van der Waals surface area contributed by atoms with Crippen LogP contribution in [0.2, 0.25) is 0 Å². The number of fused-ring (bicyclic) bond motifs is 1. The fraction of sp³-hybridized carbons (Fsp3) is 0.538. The van der Waals surface area contributed by atoms with E-state index in [1.807, 2.05) is 0 Å². The Hall–Kier alpha value is -1.21. The minimum absolute atomic E-state index is 0.251. The summed E-state index contributed by atoms with van der Waals surface area (Å²) in [5.74, 6) is -8.54. The average Bonchev–Trinajstić information content (AvgIpc) is 3.00. The second-order valence-corrected chi connectivity index (χ2v) is 5.42. The zero-order valence-electron chi connectivity index (χ0n) is 10.5. The number of halogens is 5. The van der Waals surface area contributed by atoms with Gasteiger partial charge in [-0.1, -0.05) is 0 Å². The highest BCUT2D eigenvalue weighted by Gasteiger charge is 2.37. The Balaban J connectivity index is 1.85. The fourth-order valence-electron chi connectivity index (χ4n) is 3.09. The molecule has 0 aromatic heterocycles. The molecule has 2 aliphatic rings. The highest BCUT2D eigenvalue weighted by Crippen LogP contribution is 2.30. The quantitative estimate of drug-likeness (QED) is 0.510. The molecule has 0 bridgehead atoms. The minimum Gasteiger partial charge on any atom is -0.316 e. The molecule has 3 rings (SSSR count). The molecule has 2 fully saturated rings. The van der Waals surface area contributed by atoms with Gasteiger partial charge in [0.15, 0.2) is 23.3 Å². The molecule has 1 aromatic rings. The summed E-state index contributed by atoms with van der Waals surface area (Å²) in [5.41, 5.74) is -0.741. The number of nitrogens with one attached hydrogen (secondary N) is 1. The third-order valence-electron chi connectivity index (χ3n) is 4.15. The summed E-state index contributed by atoms with van der Waals surface area (Å²) in [6.07, 6.45) is 0. The van der Waals surface area contributed by atoms with Crippen molar-refractivity contribution < 1.29 is 22.0 Å². The Morgan fingerprint density at radius 3 is 1.75 bits per heavy atom. The maximum absolute atomic E-state index is 13.6. The van der Waals surface area contributed by atoms with E-state index in [-0.39, 0.29) is 6.54 Å². The predicted octanol–water partition coefficient (Wildman–Crippen LogP) is 2.03. The molecule has 1 aromatic carbocycles. The van der Waals surface area contributed by atoms with E-state index in [4.69, 9.17) is 0 Å². The highest BCUT2D eigenvalue weighted by molar-refractivity contribution is 5.24. The van der Waals surface area contributed by atoms with Gasteiger partial charge in [-0.25, -0.2) is 22.0 Å². The number of hydrogen-bond donors (Lipinski definition) is 1. The SMILES string of the molecule is Fc1c(F)c(F)c(CN2CC3CNCC3C2)c(F)c1F. The highest BCUT2D eigenvalue weighted by atomic mass is 19.2. The van der Waals surface area contributed by atoms with Gasteiger partial charge in [-0.05, 0) is 24.9 Å². The minimum atomic E-state index is -2.11. The molecule has 2 nitrogen and oxygen atoms in total. The smallest absolute Gasteiger partial charge is 0.200 e. The van der Waals surface area contributed by atoms with Crippen LogP contribution >= 0.6 is 0 Å². The van der Waals surface area contributed by atoms with Gasteiger partial charge in [0.05, 0.1) is 0 Å². The third-order valence-corrected chi connectivity index (χ3v) is 4.15. The molecule has 0 spiro atoms. The summed E-state index contributed by atoms with van der Waals surface area (Å²) in [4.78, 5) is 1.74. The van der Waals surface area contributed by atoms with Crippen molar-refractivity contribution >= 4 is 0 Å². The number of benzene rings is 1. The molecule has 20 heavy (non-hydrogen) atoms. The molecule has 110 valence electrons. The van der Waals surface area contributed by atoms with Crippen molar-refractivity contribution in [2.75, 3.05) is 26.2 Å². The van der Waals surface area contributed by atoms with E-state index in [0.717, 1.165) is 13.1 Å². The zero-order valence-corrected chi connectivity index (χ0v) is 10.5. The van der Waals surface area contributed by atoms with Crippen LogP contribution in [0.25, 0.3) is 0 Å². The topological polar surface area (TPSA) is 15.3 Å². The summed E-state index contributed by atoms with van der Waals surface area (Å²) in [6, 6.07) is 0. The van der Waals surface area contributed by atoms with E-state index in [2.05, 4.69) is 5.32 Å². The van der Waals surface area contributed by atoms with Crippen LogP contribution in [-0.4, -0.2) is 31.1 Å². The summed E-state index contributed by atoms with van der Waals surface area (Å²) >= 11 is 0. The second-order valence-electron chi connectivity index (χ2n) is 5.42. The van der Waals surface area contributed by atoms with Crippen LogP contribution in [0.15, 0.2) is 0 Å². The van der Waals surface area contributed by atoms with Crippen molar-refractivity contribution in [1.82, 2.24) is 10.2 Å². The molecule has 2 atom stereocenters. The average molecular weight is 292 g/mol. The molecular formula is C13H13F5N2. The lowest BCUT2D eigenvalue weighted by atomic mass is 10.0. The molecule has 2 heterocycles. The summed E-state index contributed by atoms with van der Waals surface area (Å²) < 4.78 is 66.4. The lowest BCUT2D eigenvalue weighted by Crippen LogP contribution is -2.27. The molecule has 0 amide bonds. The third kappa shape index (κ3) is 2.09. The van der Waals surface area contributed by atoms with Crippen molar-refractivity contribution in [3.8, 4) is 0 Å². The number of hydrogen-bond acceptors (Lipinski definition) is 2.